The Morgan fingerprint density at radius 3 is 2.75 bits per heavy atom. The standard InChI is InChI=1S/C11H9N5/c12-5-10-6-15-11(7-14-10)16-9-3-1-2-8(13)4-9/h1-4,6-7H,13H2,(H,15,16). The minimum atomic E-state index is 0.290. The van der Waals surface area contributed by atoms with E-state index in [9.17, 15) is 0 Å². The van der Waals surface area contributed by atoms with Crippen LogP contribution < -0.4 is 11.1 Å². The first-order valence-electron chi connectivity index (χ1n) is 4.62. The average Bonchev–Trinajstić information content (AvgIpc) is 2.30. The van der Waals surface area contributed by atoms with Crippen LogP contribution in [0, 0.1) is 11.3 Å². The van der Waals surface area contributed by atoms with Gasteiger partial charge in [0.15, 0.2) is 5.69 Å². The van der Waals surface area contributed by atoms with Crippen molar-refractivity contribution in [3.8, 4) is 6.07 Å². The topological polar surface area (TPSA) is 87.6 Å². The van der Waals surface area contributed by atoms with E-state index in [4.69, 9.17) is 11.0 Å². The molecule has 0 saturated heterocycles. The maximum Gasteiger partial charge on any atom is 0.158 e. The molecule has 5 nitrogen and oxygen atoms in total. The number of nitriles is 1. The molecule has 0 bridgehead atoms. The first-order valence-corrected chi connectivity index (χ1v) is 4.62. The van der Waals surface area contributed by atoms with Crippen molar-refractivity contribution < 1.29 is 0 Å². The van der Waals surface area contributed by atoms with Gasteiger partial charge >= 0.3 is 0 Å². The molecule has 0 fully saturated rings. The van der Waals surface area contributed by atoms with E-state index in [0.717, 1.165) is 5.69 Å². The van der Waals surface area contributed by atoms with Gasteiger partial charge in [0.1, 0.15) is 11.9 Å². The molecule has 0 aliphatic carbocycles. The zero-order valence-electron chi connectivity index (χ0n) is 8.38. The van der Waals surface area contributed by atoms with Crippen LogP contribution in [0.25, 0.3) is 0 Å². The highest BCUT2D eigenvalue weighted by atomic mass is 15.0. The summed E-state index contributed by atoms with van der Waals surface area (Å²) in [7, 11) is 0. The molecule has 0 aliphatic rings. The molecule has 1 aromatic carbocycles. The number of benzene rings is 1. The van der Waals surface area contributed by atoms with Gasteiger partial charge in [-0.1, -0.05) is 6.07 Å². The molecule has 0 spiro atoms. The molecule has 2 rings (SSSR count). The number of anilines is 3. The van der Waals surface area contributed by atoms with Gasteiger partial charge in [0, 0.05) is 11.4 Å². The van der Waals surface area contributed by atoms with Crippen LogP contribution in [0.15, 0.2) is 36.7 Å². The molecule has 0 saturated carbocycles. The summed E-state index contributed by atoms with van der Waals surface area (Å²) in [5.74, 6) is 0.574. The smallest absolute Gasteiger partial charge is 0.158 e. The Labute approximate surface area is 92.6 Å². The molecule has 78 valence electrons. The second kappa shape index (κ2) is 4.28. The first kappa shape index (κ1) is 9.93. The van der Waals surface area contributed by atoms with E-state index >= 15 is 0 Å². The molecular weight excluding hydrogens is 202 g/mol. The van der Waals surface area contributed by atoms with E-state index < -0.39 is 0 Å². The summed E-state index contributed by atoms with van der Waals surface area (Å²) < 4.78 is 0. The molecule has 1 aromatic heterocycles. The molecular formula is C11H9N5. The summed E-state index contributed by atoms with van der Waals surface area (Å²) in [6.07, 6.45) is 2.91. The van der Waals surface area contributed by atoms with Crippen molar-refractivity contribution in [2.24, 2.45) is 0 Å². The number of nitrogens with one attached hydrogen (secondary N) is 1. The molecule has 2 aromatic rings. The van der Waals surface area contributed by atoms with Gasteiger partial charge in [0.25, 0.3) is 0 Å². The third-order valence-electron chi connectivity index (χ3n) is 1.93. The summed E-state index contributed by atoms with van der Waals surface area (Å²) in [5.41, 5.74) is 7.43. The van der Waals surface area contributed by atoms with Crippen molar-refractivity contribution >= 4 is 17.2 Å². The summed E-state index contributed by atoms with van der Waals surface area (Å²) in [4.78, 5) is 7.94. The van der Waals surface area contributed by atoms with Gasteiger partial charge in [-0.05, 0) is 18.2 Å². The zero-order valence-corrected chi connectivity index (χ0v) is 8.38. The highest BCUT2D eigenvalue weighted by Gasteiger charge is 1.97. The van der Waals surface area contributed by atoms with Crippen molar-refractivity contribution in [3.05, 3.63) is 42.4 Å². The van der Waals surface area contributed by atoms with Gasteiger partial charge in [0.05, 0.1) is 12.4 Å². The van der Waals surface area contributed by atoms with Crippen LogP contribution in [0.4, 0.5) is 17.2 Å². The minimum absolute atomic E-state index is 0.290. The summed E-state index contributed by atoms with van der Waals surface area (Å²) in [5, 5.41) is 11.6. The first-order chi connectivity index (χ1) is 7.78. The van der Waals surface area contributed by atoms with Gasteiger partial charge in [-0.15, -0.1) is 0 Å². The number of hydrogen-bond acceptors (Lipinski definition) is 5. The van der Waals surface area contributed by atoms with Crippen LogP contribution >= 0.6 is 0 Å². The summed E-state index contributed by atoms with van der Waals surface area (Å²) in [6.45, 7) is 0. The van der Waals surface area contributed by atoms with Crippen molar-refractivity contribution in [2.45, 2.75) is 0 Å². The quantitative estimate of drug-likeness (QED) is 0.738. The Morgan fingerprint density at radius 2 is 2.12 bits per heavy atom. The highest BCUT2D eigenvalue weighted by molar-refractivity contribution is 5.60. The third kappa shape index (κ3) is 2.25. The fraction of sp³-hybridized carbons (Fsp3) is 0. The number of nitrogens with two attached hydrogens (primary N) is 1. The Balaban J connectivity index is 2.18. The van der Waals surface area contributed by atoms with Crippen LogP contribution in [0.2, 0.25) is 0 Å². The highest BCUT2D eigenvalue weighted by Crippen LogP contribution is 2.16. The lowest BCUT2D eigenvalue weighted by Crippen LogP contribution is -1.96. The van der Waals surface area contributed by atoms with Crippen molar-refractivity contribution in [1.29, 1.82) is 5.26 Å². The maximum absolute atomic E-state index is 8.57. The zero-order chi connectivity index (χ0) is 11.4. The van der Waals surface area contributed by atoms with E-state index in [2.05, 4.69) is 15.3 Å². The number of nitrogens with zero attached hydrogens (tertiary/aromatic N) is 3. The monoisotopic (exact) mass is 211 g/mol. The normalized spacial score (nSPS) is 9.44. The van der Waals surface area contributed by atoms with Gasteiger partial charge < -0.3 is 11.1 Å². The molecule has 0 aliphatic heterocycles. The van der Waals surface area contributed by atoms with E-state index in [-0.39, 0.29) is 5.69 Å². The predicted molar refractivity (Wildman–Crippen MR) is 60.9 cm³/mol. The minimum Gasteiger partial charge on any atom is -0.399 e. The number of rotatable bonds is 2. The SMILES string of the molecule is N#Cc1cnc(Nc2cccc(N)c2)cn1. The Morgan fingerprint density at radius 1 is 1.25 bits per heavy atom. The summed E-state index contributed by atoms with van der Waals surface area (Å²) in [6, 6.07) is 9.21. The maximum atomic E-state index is 8.57. The van der Waals surface area contributed by atoms with Crippen LogP contribution in [0.1, 0.15) is 5.69 Å². The molecule has 5 heteroatoms. The van der Waals surface area contributed by atoms with Crippen LogP contribution in [-0.4, -0.2) is 9.97 Å². The molecule has 0 unspecified atom stereocenters. The van der Waals surface area contributed by atoms with E-state index in [0.29, 0.717) is 11.5 Å². The molecule has 16 heavy (non-hydrogen) atoms. The van der Waals surface area contributed by atoms with Crippen LogP contribution in [-0.2, 0) is 0 Å². The van der Waals surface area contributed by atoms with Gasteiger partial charge in [0.2, 0.25) is 0 Å². The fourth-order valence-electron chi connectivity index (χ4n) is 1.21. The lowest BCUT2D eigenvalue weighted by atomic mass is 10.3. The number of hydrogen-bond donors (Lipinski definition) is 2. The van der Waals surface area contributed by atoms with Crippen molar-refractivity contribution in [1.82, 2.24) is 9.97 Å². The summed E-state index contributed by atoms with van der Waals surface area (Å²) >= 11 is 0. The van der Waals surface area contributed by atoms with Crippen LogP contribution in [0.5, 0.6) is 0 Å². The Kier molecular flexibility index (Phi) is 2.65. The molecule has 0 radical (unpaired) electrons. The fourth-order valence-corrected chi connectivity index (χ4v) is 1.21. The lowest BCUT2D eigenvalue weighted by molar-refractivity contribution is 1.16. The molecule has 3 N–H and O–H groups in total. The number of nitrogen functional groups attached to an aromatic ring is 1. The van der Waals surface area contributed by atoms with Gasteiger partial charge in [-0.25, -0.2) is 9.97 Å². The van der Waals surface area contributed by atoms with Gasteiger partial charge in [-0.2, -0.15) is 5.26 Å². The van der Waals surface area contributed by atoms with Gasteiger partial charge in [-0.3, -0.25) is 0 Å². The van der Waals surface area contributed by atoms with E-state index in [1.165, 1.54) is 12.4 Å². The van der Waals surface area contributed by atoms with Crippen molar-refractivity contribution in [3.63, 3.8) is 0 Å². The van der Waals surface area contributed by atoms with Crippen LogP contribution in [0.3, 0.4) is 0 Å². The number of aromatic nitrogens is 2. The Hall–Kier alpha value is -2.61. The lowest BCUT2D eigenvalue weighted by Gasteiger charge is -2.05. The second-order valence-corrected chi connectivity index (χ2v) is 3.15. The predicted octanol–water partition coefficient (Wildman–Crippen LogP) is 1.67. The molecule has 0 atom stereocenters. The van der Waals surface area contributed by atoms with E-state index in [1.807, 2.05) is 18.2 Å². The largest absolute Gasteiger partial charge is 0.399 e. The van der Waals surface area contributed by atoms with E-state index in [1.54, 1.807) is 12.1 Å². The second-order valence-electron chi connectivity index (χ2n) is 3.15. The Bertz CT molecular complexity index is 527. The van der Waals surface area contributed by atoms with Crippen molar-refractivity contribution in [2.75, 3.05) is 11.1 Å². The molecule has 0 amide bonds. The third-order valence-corrected chi connectivity index (χ3v) is 1.93. The average molecular weight is 211 g/mol. The molecule has 1 heterocycles.